The lowest BCUT2D eigenvalue weighted by atomic mass is 10.2. The Balaban J connectivity index is 0. The number of carbonyl (C=O) groups excluding carboxylic acids is 1. The molecule has 0 aromatic heterocycles. The van der Waals surface area contributed by atoms with Gasteiger partial charge in [0.25, 0.3) is 0 Å². The van der Waals surface area contributed by atoms with Gasteiger partial charge in [-0.1, -0.05) is 52.5 Å². The molecule has 0 aliphatic heterocycles. The first kappa shape index (κ1) is 15.7. The van der Waals surface area contributed by atoms with Crippen LogP contribution < -0.4 is 0 Å². The summed E-state index contributed by atoms with van der Waals surface area (Å²) in [5, 5.41) is 0. The minimum atomic E-state index is -0.347. The van der Waals surface area contributed by atoms with E-state index in [0.717, 1.165) is 0 Å². The van der Waals surface area contributed by atoms with Crippen LogP contribution in [-0.4, -0.2) is 13.1 Å². The molecule has 0 N–H and O–H groups in total. The quantitative estimate of drug-likeness (QED) is 0.384. The van der Waals surface area contributed by atoms with Crippen molar-refractivity contribution in [2.24, 2.45) is 0 Å². The Bertz CT molecular complexity index is 146. The van der Waals surface area contributed by atoms with Gasteiger partial charge in [-0.25, -0.2) is 4.79 Å². The van der Waals surface area contributed by atoms with Crippen molar-refractivity contribution in [2.75, 3.05) is 7.11 Å². The van der Waals surface area contributed by atoms with Gasteiger partial charge in [0, 0.05) is 5.57 Å². The third-order valence-electron chi connectivity index (χ3n) is 1.74. The predicted molar refractivity (Wildman–Crippen MR) is 61.3 cm³/mol. The summed E-state index contributed by atoms with van der Waals surface area (Å²) in [5.41, 5.74) is 0.433. The van der Waals surface area contributed by atoms with E-state index >= 15 is 0 Å². The van der Waals surface area contributed by atoms with Crippen molar-refractivity contribution >= 4 is 5.97 Å². The third kappa shape index (κ3) is 13.8. The fourth-order valence-corrected chi connectivity index (χ4v) is 0.851. The number of hydrogen-bond donors (Lipinski definition) is 0. The topological polar surface area (TPSA) is 26.3 Å². The molecule has 14 heavy (non-hydrogen) atoms. The molecule has 2 nitrogen and oxygen atoms in total. The highest BCUT2D eigenvalue weighted by molar-refractivity contribution is 5.86. The van der Waals surface area contributed by atoms with Gasteiger partial charge in [0.2, 0.25) is 0 Å². The standard InChI is InChI=1S/C7H16.C5H8O2/c1-3-5-7-6-4-2;1-4(2)5(6)7-3/h3-7H2,1-2H3;1H2,2-3H3. The minimum Gasteiger partial charge on any atom is -0.466 e. The average Bonchev–Trinajstić information content (AvgIpc) is 2.18. The molecule has 0 unspecified atom stereocenters. The van der Waals surface area contributed by atoms with Crippen LogP contribution in [0, 0.1) is 0 Å². The van der Waals surface area contributed by atoms with Crippen LogP contribution in [-0.2, 0) is 9.53 Å². The Morgan fingerprint density at radius 2 is 1.57 bits per heavy atom. The Hall–Kier alpha value is -0.790. The summed E-state index contributed by atoms with van der Waals surface area (Å²) >= 11 is 0. The zero-order valence-corrected chi connectivity index (χ0v) is 10.1. The summed E-state index contributed by atoms with van der Waals surface area (Å²) in [6.45, 7) is 9.45. The summed E-state index contributed by atoms with van der Waals surface area (Å²) in [6.07, 6.45) is 7.01. The zero-order chi connectivity index (χ0) is 11.4. The number of esters is 1. The van der Waals surface area contributed by atoms with Gasteiger partial charge in [0.15, 0.2) is 0 Å². The lowest BCUT2D eigenvalue weighted by Crippen LogP contribution is -1.98. The van der Waals surface area contributed by atoms with E-state index in [1.54, 1.807) is 6.92 Å². The first-order chi connectivity index (χ1) is 6.59. The second-order valence-electron chi connectivity index (χ2n) is 3.33. The Morgan fingerprint density at radius 1 is 1.14 bits per heavy atom. The van der Waals surface area contributed by atoms with Crippen LogP contribution in [0.1, 0.15) is 52.9 Å². The van der Waals surface area contributed by atoms with Gasteiger partial charge in [-0.05, 0) is 6.92 Å². The van der Waals surface area contributed by atoms with Crippen LogP contribution in [0.15, 0.2) is 12.2 Å². The molecule has 0 bridgehead atoms. The predicted octanol–water partition coefficient (Wildman–Crippen LogP) is 3.71. The van der Waals surface area contributed by atoms with Gasteiger partial charge in [-0.15, -0.1) is 0 Å². The van der Waals surface area contributed by atoms with Crippen molar-refractivity contribution in [3.63, 3.8) is 0 Å². The second-order valence-corrected chi connectivity index (χ2v) is 3.33. The summed E-state index contributed by atoms with van der Waals surface area (Å²) in [4.78, 5) is 10.2. The summed E-state index contributed by atoms with van der Waals surface area (Å²) < 4.78 is 4.27. The molecular weight excluding hydrogens is 176 g/mol. The Morgan fingerprint density at radius 3 is 1.71 bits per heavy atom. The highest BCUT2D eigenvalue weighted by Crippen LogP contribution is 2.00. The molecule has 0 aliphatic carbocycles. The molecule has 0 spiro atoms. The van der Waals surface area contributed by atoms with Crippen LogP contribution >= 0.6 is 0 Å². The molecule has 0 rings (SSSR count). The highest BCUT2D eigenvalue weighted by atomic mass is 16.5. The van der Waals surface area contributed by atoms with E-state index in [-0.39, 0.29) is 5.97 Å². The number of carbonyl (C=O) groups is 1. The average molecular weight is 200 g/mol. The molecule has 0 aromatic carbocycles. The van der Waals surface area contributed by atoms with E-state index < -0.39 is 0 Å². The van der Waals surface area contributed by atoms with Gasteiger partial charge in [-0.3, -0.25) is 0 Å². The van der Waals surface area contributed by atoms with E-state index in [2.05, 4.69) is 25.2 Å². The van der Waals surface area contributed by atoms with Crippen molar-refractivity contribution in [3.8, 4) is 0 Å². The van der Waals surface area contributed by atoms with Crippen LogP contribution in [0.5, 0.6) is 0 Å². The number of ether oxygens (including phenoxy) is 1. The summed E-state index contributed by atoms with van der Waals surface area (Å²) in [6, 6.07) is 0. The Kier molecular flexibility index (Phi) is 13.7. The van der Waals surface area contributed by atoms with Crippen LogP contribution in [0.2, 0.25) is 0 Å². The summed E-state index contributed by atoms with van der Waals surface area (Å²) in [5.74, 6) is -0.347. The van der Waals surface area contributed by atoms with E-state index in [1.165, 1.54) is 39.2 Å². The SMILES string of the molecule is C=C(C)C(=O)OC.CCCCCCC. The minimum absolute atomic E-state index is 0.347. The molecule has 0 amide bonds. The van der Waals surface area contributed by atoms with Crippen LogP contribution in [0.25, 0.3) is 0 Å². The third-order valence-corrected chi connectivity index (χ3v) is 1.74. The van der Waals surface area contributed by atoms with Crippen molar-refractivity contribution < 1.29 is 9.53 Å². The molecule has 0 saturated heterocycles. The molecule has 0 saturated carbocycles. The monoisotopic (exact) mass is 200 g/mol. The van der Waals surface area contributed by atoms with Gasteiger partial charge in [0.05, 0.1) is 7.11 Å². The second kappa shape index (κ2) is 12.2. The van der Waals surface area contributed by atoms with Crippen LogP contribution in [0.3, 0.4) is 0 Å². The fourth-order valence-electron chi connectivity index (χ4n) is 0.851. The van der Waals surface area contributed by atoms with Gasteiger partial charge in [-0.2, -0.15) is 0 Å². The molecule has 0 fully saturated rings. The summed E-state index contributed by atoms with van der Waals surface area (Å²) in [7, 11) is 1.33. The zero-order valence-electron chi connectivity index (χ0n) is 10.1. The van der Waals surface area contributed by atoms with Gasteiger partial charge < -0.3 is 4.74 Å². The van der Waals surface area contributed by atoms with Crippen molar-refractivity contribution in [1.82, 2.24) is 0 Å². The maximum Gasteiger partial charge on any atom is 0.332 e. The smallest absolute Gasteiger partial charge is 0.332 e. The van der Waals surface area contributed by atoms with E-state index in [0.29, 0.717) is 5.57 Å². The maximum atomic E-state index is 10.2. The molecular formula is C12H24O2. The van der Waals surface area contributed by atoms with E-state index in [9.17, 15) is 4.79 Å². The first-order valence-electron chi connectivity index (χ1n) is 5.33. The molecule has 0 aliphatic rings. The molecule has 84 valence electrons. The highest BCUT2D eigenvalue weighted by Gasteiger charge is 1.95. The van der Waals surface area contributed by atoms with Crippen molar-refractivity contribution in [1.29, 1.82) is 0 Å². The van der Waals surface area contributed by atoms with Crippen LogP contribution in [0.4, 0.5) is 0 Å². The molecule has 2 heteroatoms. The van der Waals surface area contributed by atoms with E-state index in [1.807, 2.05) is 0 Å². The molecule has 0 heterocycles. The molecule has 0 radical (unpaired) electrons. The Labute approximate surface area is 88.3 Å². The number of rotatable bonds is 5. The van der Waals surface area contributed by atoms with E-state index in [4.69, 9.17) is 0 Å². The number of methoxy groups -OCH3 is 1. The van der Waals surface area contributed by atoms with Gasteiger partial charge in [0.1, 0.15) is 0 Å². The van der Waals surface area contributed by atoms with Crippen molar-refractivity contribution in [3.05, 3.63) is 12.2 Å². The lowest BCUT2D eigenvalue weighted by Gasteiger charge is -1.91. The number of unbranched alkanes of at least 4 members (excludes halogenated alkanes) is 4. The largest absolute Gasteiger partial charge is 0.466 e. The normalized spacial score (nSPS) is 8.57. The maximum absolute atomic E-state index is 10.2. The van der Waals surface area contributed by atoms with Crippen molar-refractivity contribution in [2.45, 2.75) is 52.9 Å². The van der Waals surface area contributed by atoms with Gasteiger partial charge >= 0.3 is 5.97 Å². The number of hydrogen-bond acceptors (Lipinski definition) is 2. The lowest BCUT2D eigenvalue weighted by molar-refractivity contribution is -0.136. The fraction of sp³-hybridized carbons (Fsp3) is 0.750. The molecule has 0 atom stereocenters. The molecule has 0 aromatic rings. The first-order valence-corrected chi connectivity index (χ1v) is 5.33.